The Morgan fingerprint density at radius 3 is 1.19 bits per heavy atom. The molecule has 0 aliphatic carbocycles. The minimum Gasteiger partial charge on any atom is -0.310 e. The minimum atomic E-state index is -0.237. The lowest BCUT2D eigenvalue weighted by Gasteiger charge is -2.26. The lowest BCUT2D eigenvalue weighted by Crippen LogP contribution is -2.09. The number of hydrogen-bond acceptors (Lipinski definition) is 1. The Bertz CT molecular complexity index is 3630. The number of hydrogen-bond donors (Lipinski definition) is 0. The van der Waals surface area contributed by atoms with Crippen molar-refractivity contribution in [2.45, 2.75) is 20.8 Å². The molecule has 10 aromatic carbocycles. The van der Waals surface area contributed by atoms with Crippen LogP contribution in [-0.2, 0) is 0 Å². The first-order valence-corrected chi connectivity index (χ1v) is 22.9. The molecule has 12 aromatic rings. The maximum Gasteiger partial charge on any atom is 0.123 e. The summed E-state index contributed by atoms with van der Waals surface area (Å²) in [6, 6.07) is 81.3. The second-order valence-corrected chi connectivity index (χ2v) is 17.1. The lowest BCUT2D eigenvalue weighted by atomic mass is 10.0. The van der Waals surface area contributed by atoms with Gasteiger partial charge in [0.1, 0.15) is 11.6 Å². The molecular weight excluding hydrogens is 837 g/mol. The summed E-state index contributed by atoms with van der Waals surface area (Å²) in [6.07, 6.45) is 0. The Balaban J connectivity index is 0.000000159. The molecule has 3 nitrogen and oxygen atoms in total. The molecule has 0 unspecified atom stereocenters. The van der Waals surface area contributed by atoms with Crippen LogP contribution in [0.5, 0.6) is 0 Å². The van der Waals surface area contributed by atoms with Gasteiger partial charge < -0.3 is 14.0 Å². The van der Waals surface area contributed by atoms with E-state index in [4.69, 9.17) is 0 Å². The number of aromatic nitrogens is 2. The van der Waals surface area contributed by atoms with Gasteiger partial charge in [-0.15, -0.1) is 0 Å². The van der Waals surface area contributed by atoms with Crippen molar-refractivity contribution >= 4 is 60.7 Å². The Hall–Kier alpha value is -8.54. The zero-order valence-corrected chi connectivity index (χ0v) is 38.2. The first kappa shape index (κ1) is 43.4. The summed E-state index contributed by atoms with van der Waals surface area (Å²) in [4.78, 5) is 2.29. The van der Waals surface area contributed by atoms with Gasteiger partial charge >= 0.3 is 0 Å². The van der Waals surface area contributed by atoms with Crippen molar-refractivity contribution in [3.05, 3.63) is 271 Å². The van der Waals surface area contributed by atoms with Crippen molar-refractivity contribution in [1.82, 2.24) is 9.13 Å². The van der Waals surface area contributed by atoms with E-state index in [2.05, 4.69) is 193 Å². The van der Waals surface area contributed by atoms with E-state index in [1.807, 2.05) is 60.7 Å². The molecule has 0 saturated carbocycles. The topological polar surface area (TPSA) is 13.1 Å². The molecular formula is C63H49F2N3. The molecule has 0 atom stereocenters. The fourth-order valence-electron chi connectivity index (χ4n) is 9.03. The first-order chi connectivity index (χ1) is 33.3. The molecule has 0 fully saturated rings. The van der Waals surface area contributed by atoms with Crippen LogP contribution in [0.25, 0.3) is 66.1 Å². The molecule has 0 amide bonds. The number of nitrogens with zero attached hydrogens (tertiary/aromatic N) is 3. The highest BCUT2D eigenvalue weighted by Crippen LogP contribution is 2.40. The van der Waals surface area contributed by atoms with Crippen LogP contribution in [0.2, 0.25) is 0 Å². The van der Waals surface area contributed by atoms with Gasteiger partial charge in [0.25, 0.3) is 0 Å². The summed E-state index contributed by atoms with van der Waals surface area (Å²) in [5.74, 6) is -0.450. The van der Waals surface area contributed by atoms with Crippen LogP contribution in [0.3, 0.4) is 0 Å². The molecule has 68 heavy (non-hydrogen) atoms. The quantitative estimate of drug-likeness (QED) is 0.162. The summed E-state index contributed by atoms with van der Waals surface area (Å²) >= 11 is 0. The molecule has 0 N–H and O–H groups in total. The van der Waals surface area contributed by atoms with Gasteiger partial charge in [0, 0.05) is 50.0 Å². The Labute approximate surface area is 396 Å². The summed E-state index contributed by atoms with van der Waals surface area (Å²) < 4.78 is 31.3. The van der Waals surface area contributed by atoms with Crippen molar-refractivity contribution < 1.29 is 8.78 Å². The van der Waals surface area contributed by atoms with Gasteiger partial charge in [0.05, 0.1) is 22.1 Å². The lowest BCUT2D eigenvalue weighted by molar-refractivity contribution is 0.627. The van der Waals surface area contributed by atoms with Gasteiger partial charge in [0.2, 0.25) is 0 Å². The zero-order chi connectivity index (χ0) is 46.6. The normalized spacial score (nSPS) is 11.0. The van der Waals surface area contributed by atoms with E-state index in [1.54, 1.807) is 0 Å². The van der Waals surface area contributed by atoms with Crippen molar-refractivity contribution in [3.63, 3.8) is 0 Å². The number of rotatable bonds is 6. The predicted molar refractivity (Wildman–Crippen MR) is 282 cm³/mol. The number of aryl methyl sites for hydroxylation is 3. The summed E-state index contributed by atoms with van der Waals surface area (Å²) in [6.45, 7) is 6.29. The van der Waals surface area contributed by atoms with Crippen LogP contribution >= 0.6 is 0 Å². The highest BCUT2D eigenvalue weighted by atomic mass is 19.1. The van der Waals surface area contributed by atoms with Crippen LogP contribution in [0.15, 0.2) is 243 Å². The highest BCUT2D eigenvalue weighted by molar-refractivity contribution is 6.11. The van der Waals surface area contributed by atoms with E-state index in [1.165, 1.54) is 62.9 Å². The average Bonchev–Trinajstić information content (AvgIpc) is 3.88. The Morgan fingerprint density at radius 1 is 0.294 bits per heavy atom. The van der Waals surface area contributed by atoms with Gasteiger partial charge in [-0.3, -0.25) is 0 Å². The van der Waals surface area contributed by atoms with Crippen LogP contribution in [0.4, 0.5) is 25.8 Å². The fraction of sp³-hybridized carbons (Fsp3) is 0.0476. The van der Waals surface area contributed by atoms with Crippen molar-refractivity contribution in [2.75, 3.05) is 4.90 Å². The van der Waals surface area contributed by atoms with Crippen molar-refractivity contribution in [3.8, 4) is 22.5 Å². The van der Waals surface area contributed by atoms with E-state index in [0.717, 1.165) is 61.3 Å². The molecule has 0 aliphatic rings. The predicted octanol–water partition coefficient (Wildman–Crippen LogP) is 17.6. The van der Waals surface area contributed by atoms with Crippen molar-refractivity contribution in [2.24, 2.45) is 0 Å². The van der Waals surface area contributed by atoms with E-state index >= 15 is 0 Å². The van der Waals surface area contributed by atoms with Gasteiger partial charge in [-0.2, -0.15) is 0 Å². The van der Waals surface area contributed by atoms with Crippen LogP contribution in [0, 0.1) is 32.4 Å². The SMILES string of the molecule is Cc1ccc(-c2ccc(N(c3ccccc3)c3ccc4c(c3)c3ccccc3n4-c3ccc(F)cc3)cc2)cc1.Cc1ccc2c(c1)c1ccccc1n2-c1ccc(F)cc1.Cc1ccccc1. The average molecular weight is 886 g/mol. The number of halogens is 2. The Kier molecular flexibility index (Phi) is 12.2. The number of para-hydroxylation sites is 3. The third kappa shape index (κ3) is 8.90. The first-order valence-electron chi connectivity index (χ1n) is 22.9. The van der Waals surface area contributed by atoms with Gasteiger partial charge in [-0.25, -0.2) is 8.78 Å². The molecule has 0 spiro atoms. The number of fused-ring (bicyclic) bond motifs is 6. The summed E-state index contributed by atoms with van der Waals surface area (Å²) in [5.41, 5.74) is 15.8. The molecule has 330 valence electrons. The molecule has 5 heteroatoms. The molecule has 2 heterocycles. The van der Waals surface area contributed by atoms with Gasteiger partial charge in [-0.05, 0) is 147 Å². The largest absolute Gasteiger partial charge is 0.310 e. The van der Waals surface area contributed by atoms with Crippen LogP contribution in [-0.4, -0.2) is 9.13 Å². The van der Waals surface area contributed by atoms with Crippen LogP contribution in [0.1, 0.15) is 16.7 Å². The van der Waals surface area contributed by atoms with Crippen molar-refractivity contribution in [1.29, 1.82) is 0 Å². The summed E-state index contributed by atoms with van der Waals surface area (Å²) in [7, 11) is 0. The minimum absolute atomic E-state index is 0.213. The number of benzene rings is 10. The molecule has 12 rings (SSSR count). The van der Waals surface area contributed by atoms with E-state index in [0.29, 0.717) is 0 Å². The fourth-order valence-corrected chi connectivity index (χ4v) is 9.03. The van der Waals surface area contributed by atoms with E-state index < -0.39 is 0 Å². The van der Waals surface area contributed by atoms with Crippen LogP contribution < -0.4 is 4.90 Å². The summed E-state index contributed by atoms with van der Waals surface area (Å²) in [5, 5.41) is 4.76. The van der Waals surface area contributed by atoms with E-state index in [9.17, 15) is 8.78 Å². The highest BCUT2D eigenvalue weighted by Gasteiger charge is 2.18. The molecule has 2 aromatic heterocycles. The Morgan fingerprint density at radius 2 is 0.676 bits per heavy atom. The van der Waals surface area contributed by atoms with Gasteiger partial charge in [-0.1, -0.05) is 144 Å². The maximum absolute atomic E-state index is 13.7. The maximum atomic E-state index is 13.7. The molecule has 0 aliphatic heterocycles. The third-order valence-electron chi connectivity index (χ3n) is 12.4. The van der Waals surface area contributed by atoms with Gasteiger partial charge in [0.15, 0.2) is 0 Å². The second kappa shape index (κ2) is 19.1. The zero-order valence-electron chi connectivity index (χ0n) is 38.2. The standard InChI is InChI=1S/C37H27FN2.C19H14FN.C7H8/c1-26-11-13-27(14-12-26)28-15-19-31(20-16-28)39(30-7-3-2-4-8-30)33-23-24-37-35(25-33)34-9-5-6-10-36(34)40(37)32-21-17-29(38)18-22-32;1-13-6-11-19-17(12-13)16-4-2-3-5-18(16)21(19)15-9-7-14(20)8-10-15;1-7-5-3-2-4-6-7/h2-25H,1H3;2-12H,1H3;2-6H,1H3. The molecule has 0 bridgehead atoms. The monoisotopic (exact) mass is 885 g/mol. The van der Waals surface area contributed by atoms with E-state index in [-0.39, 0.29) is 11.6 Å². The number of anilines is 3. The smallest absolute Gasteiger partial charge is 0.123 e. The molecule has 0 saturated heterocycles. The molecule has 0 radical (unpaired) electrons. The second-order valence-electron chi connectivity index (χ2n) is 17.1. The third-order valence-corrected chi connectivity index (χ3v) is 12.4.